The number of nitrogens with one attached hydrogen (secondary N) is 1. The van der Waals surface area contributed by atoms with Gasteiger partial charge in [-0.15, -0.1) is 0 Å². The number of hydrogen-bond donors (Lipinski definition) is 1. The Labute approximate surface area is 182 Å². The first-order valence-electron chi connectivity index (χ1n) is 10.6. The quantitative estimate of drug-likeness (QED) is 0.456. The van der Waals surface area contributed by atoms with Crippen molar-refractivity contribution in [2.75, 3.05) is 5.32 Å². The zero-order valence-electron chi connectivity index (χ0n) is 18.0. The summed E-state index contributed by atoms with van der Waals surface area (Å²) >= 11 is 0. The smallest absolute Gasteiger partial charge is 0.259 e. The third-order valence-electron chi connectivity index (χ3n) is 5.34. The lowest BCUT2D eigenvalue weighted by molar-refractivity contribution is 0.102. The van der Waals surface area contributed by atoms with Crippen LogP contribution in [0.4, 0.5) is 5.69 Å². The summed E-state index contributed by atoms with van der Waals surface area (Å²) in [4.78, 5) is 17.2. The normalized spacial score (nSPS) is 10.9. The maximum atomic E-state index is 13.0. The molecule has 1 N–H and O–H groups in total. The highest BCUT2D eigenvalue weighted by molar-refractivity contribution is 6.04. The van der Waals surface area contributed by atoms with E-state index in [1.807, 2.05) is 60.3 Å². The minimum Gasteiger partial charge on any atom is -0.331 e. The number of anilines is 1. The van der Waals surface area contributed by atoms with Crippen molar-refractivity contribution in [1.29, 1.82) is 0 Å². The van der Waals surface area contributed by atoms with E-state index in [1.165, 1.54) is 5.56 Å². The van der Waals surface area contributed by atoms with Gasteiger partial charge in [0.15, 0.2) is 0 Å². The molecule has 2 aromatic heterocycles. The van der Waals surface area contributed by atoms with Crippen LogP contribution in [0, 0.1) is 6.92 Å². The Morgan fingerprint density at radius 2 is 1.74 bits per heavy atom. The van der Waals surface area contributed by atoms with Crippen molar-refractivity contribution < 1.29 is 4.79 Å². The van der Waals surface area contributed by atoms with Gasteiger partial charge in [0.2, 0.25) is 0 Å². The van der Waals surface area contributed by atoms with Crippen LogP contribution in [0.25, 0.3) is 0 Å². The number of imidazole rings is 1. The largest absolute Gasteiger partial charge is 0.331 e. The number of benzene rings is 2. The van der Waals surface area contributed by atoms with Gasteiger partial charge in [0.1, 0.15) is 5.82 Å². The molecule has 2 heterocycles. The van der Waals surface area contributed by atoms with Gasteiger partial charge in [-0.25, -0.2) is 4.98 Å². The summed E-state index contributed by atoms with van der Waals surface area (Å²) in [5.41, 5.74) is 4.70. The van der Waals surface area contributed by atoms with Crippen LogP contribution in [0.1, 0.15) is 46.3 Å². The molecule has 0 fully saturated rings. The van der Waals surface area contributed by atoms with Crippen LogP contribution < -0.4 is 5.32 Å². The van der Waals surface area contributed by atoms with E-state index in [0.717, 1.165) is 42.2 Å². The van der Waals surface area contributed by atoms with Crippen LogP contribution in [0.15, 0.2) is 73.2 Å². The average Bonchev–Trinajstić information content (AvgIpc) is 3.37. The fraction of sp³-hybridized carbons (Fsp3) is 0.240. The van der Waals surface area contributed by atoms with E-state index in [1.54, 1.807) is 12.4 Å². The third-order valence-corrected chi connectivity index (χ3v) is 5.34. The standard InChI is InChI=1S/C25H27N5O/c1-3-7-24-23(16-27-30(24)18-20-8-5-4-6-9-20)25(31)28-22-12-10-21(11-13-22)17-29-15-14-26-19(29)2/h4-6,8-16H,3,7,17-18H2,1-2H3,(H,28,31). The minimum absolute atomic E-state index is 0.124. The van der Waals surface area contributed by atoms with Crippen molar-refractivity contribution in [2.24, 2.45) is 0 Å². The predicted octanol–water partition coefficient (Wildman–Crippen LogP) is 4.69. The summed E-state index contributed by atoms with van der Waals surface area (Å²) in [6, 6.07) is 18.1. The van der Waals surface area contributed by atoms with Crippen molar-refractivity contribution in [3.05, 3.63) is 101 Å². The van der Waals surface area contributed by atoms with Gasteiger partial charge in [0, 0.05) is 24.6 Å². The van der Waals surface area contributed by atoms with Crippen molar-refractivity contribution in [3.8, 4) is 0 Å². The molecule has 0 bridgehead atoms. The van der Waals surface area contributed by atoms with Crippen LogP contribution in [0.5, 0.6) is 0 Å². The molecule has 0 atom stereocenters. The first-order valence-corrected chi connectivity index (χ1v) is 10.6. The van der Waals surface area contributed by atoms with Crippen LogP contribution in [-0.2, 0) is 19.5 Å². The Hall–Kier alpha value is -3.67. The molecule has 6 nitrogen and oxygen atoms in total. The monoisotopic (exact) mass is 413 g/mol. The summed E-state index contributed by atoms with van der Waals surface area (Å²) < 4.78 is 4.02. The van der Waals surface area contributed by atoms with Gasteiger partial charge in [0.25, 0.3) is 5.91 Å². The number of nitrogens with zero attached hydrogens (tertiary/aromatic N) is 4. The van der Waals surface area contributed by atoms with Gasteiger partial charge in [-0.2, -0.15) is 5.10 Å². The van der Waals surface area contributed by atoms with Crippen molar-refractivity contribution in [2.45, 2.75) is 39.8 Å². The molecule has 2 aromatic carbocycles. The highest BCUT2D eigenvalue weighted by atomic mass is 16.1. The lowest BCUT2D eigenvalue weighted by Gasteiger charge is -2.10. The lowest BCUT2D eigenvalue weighted by Crippen LogP contribution is -2.15. The topological polar surface area (TPSA) is 64.7 Å². The fourth-order valence-electron chi connectivity index (χ4n) is 3.65. The van der Waals surface area contributed by atoms with Crippen LogP contribution in [0.3, 0.4) is 0 Å². The van der Waals surface area contributed by atoms with E-state index in [9.17, 15) is 4.79 Å². The summed E-state index contributed by atoms with van der Waals surface area (Å²) in [6.45, 7) is 5.52. The van der Waals surface area contributed by atoms with Gasteiger partial charge in [-0.05, 0) is 36.6 Å². The van der Waals surface area contributed by atoms with E-state index < -0.39 is 0 Å². The fourth-order valence-corrected chi connectivity index (χ4v) is 3.65. The third kappa shape index (κ3) is 4.91. The number of amides is 1. The van der Waals surface area contributed by atoms with Gasteiger partial charge >= 0.3 is 0 Å². The average molecular weight is 414 g/mol. The van der Waals surface area contributed by atoms with Crippen LogP contribution in [-0.4, -0.2) is 25.2 Å². The van der Waals surface area contributed by atoms with Gasteiger partial charge in [-0.1, -0.05) is 55.8 Å². The molecule has 1 amide bonds. The Balaban J connectivity index is 1.47. The summed E-state index contributed by atoms with van der Waals surface area (Å²) in [5.74, 6) is 0.856. The van der Waals surface area contributed by atoms with Gasteiger partial charge < -0.3 is 9.88 Å². The maximum Gasteiger partial charge on any atom is 0.259 e. The van der Waals surface area contributed by atoms with E-state index in [2.05, 4.69) is 39.0 Å². The first kappa shape index (κ1) is 20.6. The number of aromatic nitrogens is 4. The molecule has 158 valence electrons. The highest BCUT2D eigenvalue weighted by Gasteiger charge is 2.17. The Morgan fingerprint density at radius 3 is 2.42 bits per heavy atom. The predicted molar refractivity (Wildman–Crippen MR) is 122 cm³/mol. The number of rotatable bonds is 8. The lowest BCUT2D eigenvalue weighted by atomic mass is 10.1. The molecule has 0 aliphatic heterocycles. The number of aryl methyl sites for hydroxylation is 1. The summed E-state index contributed by atoms with van der Waals surface area (Å²) in [5, 5.41) is 7.52. The molecule has 0 aliphatic carbocycles. The van der Waals surface area contributed by atoms with Crippen LogP contribution >= 0.6 is 0 Å². The Kier molecular flexibility index (Phi) is 6.26. The number of carbonyl (C=O) groups excluding carboxylic acids is 1. The minimum atomic E-state index is -0.124. The molecule has 0 unspecified atom stereocenters. The van der Waals surface area contributed by atoms with Crippen molar-refractivity contribution in [1.82, 2.24) is 19.3 Å². The second-order valence-electron chi connectivity index (χ2n) is 7.65. The molecule has 31 heavy (non-hydrogen) atoms. The van der Waals surface area contributed by atoms with E-state index in [-0.39, 0.29) is 5.91 Å². The van der Waals surface area contributed by atoms with Crippen LogP contribution in [0.2, 0.25) is 0 Å². The van der Waals surface area contributed by atoms with Crippen molar-refractivity contribution >= 4 is 11.6 Å². The first-order chi connectivity index (χ1) is 15.1. The molecule has 0 radical (unpaired) electrons. The summed E-state index contributed by atoms with van der Waals surface area (Å²) in [7, 11) is 0. The SMILES string of the molecule is CCCc1c(C(=O)Nc2ccc(Cn3ccnc3C)cc2)cnn1Cc1ccccc1. The van der Waals surface area contributed by atoms with E-state index in [0.29, 0.717) is 12.1 Å². The van der Waals surface area contributed by atoms with Gasteiger partial charge in [-0.3, -0.25) is 9.48 Å². The molecule has 0 spiro atoms. The van der Waals surface area contributed by atoms with Crippen molar-refractivity contribution in [3.63, 3.8) is 0 Å². The summed E-state index contributed by atoms with van der Waals surface area (Å²) in [6.07, 6.45) is 7.20. The second kappa shape index (κ2) is 9.43. The molecule has 0 aliphatic rings. The highest BCUT2D eigenvalue weighted by Crippen LogP contribution is 2.17. The zero-order valence-corrected chi connectivity index (χ0v) is 18.0. The number of carbonyl (C=O) groups is 1. The molecule has 0 saturated heterocycles. The second-order valence-corrected chi connectivity index (χ2v) is 7.65. The molecule has 4 rings (SSSR count). The molecular weight excluding hydrogens is 386 g/mol. The van der Waals surface area contributed by atoms with Gasteiger partial charge in [0.05, 0.1) is 24.0 Å². The molecule has 4 aromatic rings. The Bertz CT molecular complexity index is 1140. The van der Waals surface area contributed by atoms with E-state index in [4.69, 9.17) is 0 Å². The molecule has 6 heteroatoms. The maximum absolute atomic E-state index is 13.0. The Morgan fingerprint density at radius 1 is 1.00 bits per heavy atom. The zero-order chi connectivity index (χ0) is 21.6. The molecule has 0 saturated carbocycles. The molecular formula is C25H27N5O. The van der Waals surface area contributed by atoms with E-state index >= 15 is 0 Å². The number of hydrogen-bond acceptors (Lipinski definition) is 3.